The van der Waals surface area contributed by atoms with E-state index in [2.05, 4.69) is 10.3 Å². The average Bonchev–Trinajstić information content (AvgIpc) is 2.37. The molecule has 0 fully saturated rings. The monoisotopic (exact) mass is 327 g/mol. The number of aromatic nitrogens is 1. The van der Waals surface area contributed by atoms with Crippen LogP contribution in [-0.2, 0) is 10.0 Å². The van der Waals surface area contributed by atoms with Crippen molar-refractivity contribution in [2.45, 2.75) is 18.1 Å². The molecular formula is C11H16F3N3O3S. The largest absolute Gasteiger partial charge is 0.402 e. The Bertz CT molecular complexity index is 563. The van der Waals surface area contributed by atoms with Crippen molar-refractivity contribution < 1.29 is 26.7 Å². The molecule has 0 amide bonds. The van der Waals surface area contributed by atoms with Gasteiger partial charge in [0.15, 0.2) is 5.03 Å². The molecule has 0 unspecified atom stereocenters. The number of halogens is 3. The van der Waals surface area contributed by atoms with E-state index in [0.717, 1.165) is 0 Å². The first kappa shape index (κ1) is 17.7. The molecule has 0 saturated heterocycles. The van der Waals surface area contributed by atoms with Crippen LogP contribution in [0.15, 0.2) is 23.4 Å². The highest BCUT2D eigenvalue weighted by Gasteiger charge is 2.38. The number of aliphatic hydroxyl groups is 1. The minimum absolute atomic E-state index is 0.116. The van der Waals surface area contributed by atoms with Crippen LogP contribution >= 0.6 is 0 Å². The van der Waals surface area contributed by atoms with Gasteiger partial charge in [0.2, 0.25) is 0 Å². The lowest BCUT2D eigenvalue weighted by molar-refractivity contribution is -0.136. The van der Waals surface area contributed by atoms with Gasteiger partial charge in [-0.15, -0.1) is 0 Å². The molecule has 0 aliphatic heterocycles. The molecule has 1 aromatic rings. The highest BCUT2D eigenvalue weighted by atomic mass is 32.2. The Morgan fingerprint density at radius 2 is 2.10 bits per heavy atom. The standard InChI is InChI=1S/C11H16F3N3O3S/c1-2-15-9-4-3-5-16-10(9)21(19,20)17(6-7-18)8-11(12,13)14/h3-5,15,18H,2,6-8H2,1H3. The number of hydrogen-bond donors (Lipinski definition) is 2. The summed E-state index contributed by atoms with van der Waals surface area (Å²) in [5.74, 6) is 0. The van der Waals surface area contributed by atoms with Crippen molar-refractivity contribution in [3.63, 3.8) is 0 Å². The summed E-state index contributed by atoms with van der Waals surface area (Å²) in [6, 6.07) is 2.88. The molecule has 0 aliphatic carbocycles. The van der Waals surface area contributed by atoms with E-state index in [9.17, 15) is 21.6 Å². The molecule has 2 N–H and O–H groups in total. The molecule has 1 rings (SSSR count). The highest BCUT2D eigenvalue weighted by molar-refractivity contribution is 7.89. The zero-order valence-electron chi connectivity index (χ0n) is 11.3. The lowest BCUT2D eigenvalue weighted by Crippen LogP contribution is -2.41. The molecule has 1 heterocycles. The average molecular weight is 327 g/mol. The molecule has 21 heavy (non-hydrogen) atoms. The number of pyridine rings is 1. The van der Waals surface area contributed by atoms with E-state index in [0.29, 0.717) is 6.54 Å². The maximum Gasteiger partial charge on any atom is 0.402 e. The summed E-state index contributed by atoms with van der Waals surface area (Å²) >= 11 is 0. The number of rotatable bonds is 7. The molecule has 6 nitrogen and oxygen atoms in total. The van der Waals surface area contributed by atoms with Gasteiger partial charge in [0.25, 0.3) is 10.0 Å². The summed E-state index contributed by atoms with van der Waals surface area (Å²) in [4.78, 5) is 3.66. The van der Waals surface area contributed by atoms with Crippen LogP contribution in [0.4, 0.5) is 18.9 Å². The van der Waals surface area contributed by atoms with Crippen molar-refractivity contribution in [2.24, 2.45) is 0 Å². The van der Waals surface area contributed by atoms with Gasteiger partial charge in [-0.25, -0.2) is 13.4 Å². The predicted molar refractivity (Wildman–Crippen MR) is 70.3 cm³/mol. The summed E-state index contributed by atoms with van der Waals surface area (Å²) in [6.07, 6.45) is -3.53. The first-order chi connectivity index (χ1) is 9.72. The quantitative estimate of drug-likeness (QED) is 0.782. The second kappa shape index (κ2) is 7.05. The third-order valence-electron chi connectivity index (χ3n) is 2.43. The first-order valence-corrected chi connectivity index (χ1v) is 7.53. The fourth-order valence-electron chi connectivity index (χ4n) is 1.64. The number of nitrogens with zero attached hydrogens (tertiary/aromatic N) is 2. The summed E-state index contributed by atoms with van der Waals surface area (Å²) in [5.41, 5.74) is 0.116. The predicted octanol–water partition coefficient (Wildman–Crippen LogP) is 1.06. The maximum absolute atomic E-state index is 12.5. The molecule has 0 saturated carbocycles. The van der Waals surface area contributed by atoms with E-state index < -0.39 is 40.9 Å². The molecular weight excluding hydrogens is 311 g/mol. The van der Waals surface area contributed by atoms with Crippen molar-refractivity contribution in [3.8, 4) is 0 Å². The van der Waals surface area contributed by atoms with Gasteiger partial charge < -0.3 is 10.4 Å². The minimum atomic E-state index is -4.71. The van der Waals surface area contributed by atoms with E-state index >= 15 is 0 Å². The molecule has 10 heteroatoms. The van der Waals surface area contributed by atoms with Gasteiger partial charge >= 0.3 is 6.18 Å². The third kappa shape index (κ3) is 4.83. The molecule has 0 atom stereocenters. The van der Waals surface area contributed by atoms with Crippen LogP contribution in [0.25, 0.3) is 0 Å². The van der Waals surface area contributed by atoms with Crippen LogP contribution < -0.4 is 5.32 Å². The Hall–Kier alpha value is -1.39. The second-order valence-electron chi connectivity index (χ2n) is 4.06. The van der Waals surface area contributed by atoms with Crippen LogP contribution in [0.2, 0.25) is 0 Å². The van der Waals surface area contributed by atoms with E-state index in [1.165, 1.54) is 18.3 Å². The number of hydrogen-bond acceptors (Lipinski definition) is 5. The molecule has 120 valence electrons. The van der Waals surface area contributed by atoms with Crippen LogP contribution in [0.3, 0.4) is 0 Å². The molecule has 0 radical (unpaired) electrons. The van der Waals surface area contributed by atoms with Gasteiger partial charge in [-0.2, -0.15) is 17.5 Å². The second-order valence-corrected chi connectivity index (χ2v) is 5.92. The van der Waals surface area contributed by atoms with Gasteiger partial charge in [0.1, 0.15) is 6.54 Å². The summed E-state index contributed by atoms with van der Waals surface area (Å²) < 4.78 is 62.3. The number of anilines is 1. The van der Waals surface area contributed by atoms with Crippen molar-refractivity contribution in [1.82, 2.24) is 9.29 Å². The molecule has 0 bridgehead atoms. The van der Waals surface area contributed by atoms with Gasteiger partial charge in [-0.05, 0) is 19.1 Å². The molecule has 1 aromatic heterocycles. The lowest BCUT2D eigenvalue weighted by Gasteiger charge is -2.23. The first-order valence-electron chi connectivity index (χ1n) is 6.09. The van der Waals surface area contributed by atoms with E-state index in [1.807, 2.05) is 0 Å². The SMILES string of the molecule is CCNc1cccnc1S(=O)(=O)N(CCO)CC(F)(F)F. The van der Waals surface area contributed by atoms with Crippen LogP contribution in [0.1, 0.15) is 6.92 Å². The number of alkyl halides is 3. The molecule has 0 aromatic carbocycles. The van der Waals surface area contributed by atoms with E-state index in [-0.39, 0.29) is 9.99 Å². The van der Waals surface area contributed by atoms with Gasteiger partial charge in [-0.1, -0.05) is 0 Å². The lowest BCUT2D eigenvalue weighted by atomic mass is 10.4. The van der Waals surface area contributed by atoms with Crippen LogP contribution in [0.5, 0.6) is 0 Å². The maximum atomic E-state index is 12.5. The summed E-state index contributed by atoms with van der Waals surface area (Å²) in [7, 11) is -4.47. The number of sulfonamides is 1. The fourth-order valence-corrected chi connectivity index (χ4v) is 3.13. The van der Waals surface area contributed by atoms with Crippen LogP contribution in [0, 0.1) is 0 Å². The normalized spacial score (nSPS) is 12.7. The zero-order chi connectivity index (χ0) is 16.1. The Balaban J connectivity index is 3.23. The zero-order valence-corrected chi connectivity index (χ0v) is 12.1. The van der Waals surface area contributed by atoms with Crippen molar-refractivity contribution in [3.05, 3.63) is 18.3 Å². The Morgan fingerprint density at radius 1 is 1.43 bits per heavy atom. The van der Waals surface area contributed by atoms with E-state index in [4.69, 9.17) is 5.11 Å². The fraction of sp³-hybridized carbons (Fsp3) is 0.545. The van der Waals surface area contributed by atoms with Crippen LogP contribution in [-0.4, -0.2) is 55.2 Å². The summed E-state index contributed by atoms with van der Waals surface area (Å²) in [6.45, 7) is -0.973. The summed E-state index contributed by atoms with van der Waals surface area (Å²) in [5, 5.41) is 11.0. The topological polar surface area (TPSA) is 82.5 Å². The van der Waals surface area contributed by atoms with E-state index in [1.54, 1.807) is 6.92 Å². The Kier molecular flexibility index (Phi) is 5.93. The number of aliphatic hydroxyl groups excluding tert-OH is 1. The van der Waals surface area contributed by atoms with Crippen molar-refractivity contribution in [1.29, 1.82) is 0 Å². The number of nitrogens with one attached hydrogen (secondary N) is 1. The van der Waals surface area contributed by atoms with Gasteiger partial charge in [0.05, 0.1) is 12.3 Å². The van der Waals surface area contributed by atoms with Gasteiger partial charge in [-0.3, -0.25) is 0 Å². The highest BCUT2D eigenvalue weighted by Crippen LogP contribution is 2.25. The van der Waals surface area contributed by atoms with Crippen molar-refractivity contribution in [2.75, 3.05) is 31.6 Å². The Labute approximate surface area is 120 Å². The molecule has 0 aliphatic rings. The minimum Gasteiger partial charge on any atom is -0.395 e. The Morgan fingerprint density at radius 3 is 2.62 bits per heavy atom. The smallest absolute Gasteiger partial charge is 0.395 e. The van der Waals surface area contributed by atoms with Crippen molar-refractivity contribution >= 4 is 15.7 Å². The molecule has 0 spiro atoms. The van der Waals surface area contributed by atoms with Gasteiger partial charge in [0, 0.05) is 19.3 Å². The third-order valence-corrected chi connectivity index (χ3v) is 4.23.